The second-order valence-electron chi connectivity index (χ2n) is 2.90. The summed E-state index contributed by atoms with van der Waals surface area (Å²) in [6.45, 7) is 0.431. The molecule has 5 heteroatoms. The Hall–Kier alpha value is -1.29. The van der Waals surface area contributed by atoms with Gasteiger partial charge in [-0.05, 0) is 0 Å². The summed E-state index contributed by atoms with van der Waals surface area (Å²) in [6.07, 6.45) is 0. The average molecular weight is 247 g/mol. The summed E-state index contributed by atoms with van der Waals surface area (Å²) in [5, 5.41) is 0. The van der Waals surface area contributed by atoms with Crippen LogP contribution in [0.3, 0.4) is 0 Å². The summed E-state index contributed by atoms with van der Waals surface area (Å²) in [6, 6.07) is 3.46. The van der Waals surface area contributed by atoms with Crippen LogP contribution in [-0.2, 0) is 0 Å². The van der Waals surface area contributed by atoms with Crippen LogP contribution in [0.5, 0.6) is 23.0 Å². The van der Waals surface area contributed by atoms with Crippen molar-refractivity contribution in [3.8, 4) is 23.0 Å². The maximum absolute atomic E-state index is 5.55. The molecule has 0 bridgehead atoms. The lowest BCUT2D eigenvalue weighted by molar-refractivity contribution is 0.309. The van der Waals surface area contributed by atoms with Crippen LogP contribution in [0, 0.1) is 0 Å². The van der Waals surface area contributed by atoms with E-state index < -0.39 is 0 Å². The number of methoxy groups -OCH3 is 3. The van der Waals surface area contributed by atoms with Crippen LogP contribution >= 0.6 is 11.6 Å². The molecule has 0 atom stereocenters. The summed E-state index contributed by atoms with van der Waals surface area (Å²) in [7, 11) is 4.67. The van der Waals surface area contributed by atoms with Gasteiger partial charge in [-0.2, -0.15) is 0 Å². The fourth-order valence-corrected chi connectivity index (χ4v) is 1.37. The Morgan fingerprint density at radius 1 is 1.00 bits per heavy atom. The number of alkyl halides is 1. The van der Waals surface area contributed by atoms with Crippen LogP contribution in [0.4, 0.5) is 0 Å². The van der Waals surface area contributed by atoms with Gasteiger partial charge < -0.3 is 18.9 Å². The molecule has 4 nitrogen and oxygen atoms in total. The van der Waals surface area contributed by atoms with Gasteiger partial charge in [-0.15, -0.1) is 11.6 Å². The first-order valence-electron chi connectivity index (χ1n) is 4.75. The van der Waals surface area contributed by atoms with E-state index in [1.54, 1.807) is 33.5 Å². The second kappa shape index (κ2) is 6.33. The minimum absolute atomic E-state index is 0.427. The fraction of sp³-hybridized carbons (Fsp3) is 0.455. The molecular weight excluding hydrogens is 232 g/mol. The number of rotatable bonds is 6. The lowest BCUT2D eigenvalue weighted by Crippen LogP contribution is -2.00. The molecule has 0 heterocycles. The van der Waals surface area contributed by atoms with Crippen molar-refractivity contribution in [1.82, 2.24) is 0 Å². The maximum atomic E-state index is 5.55. The van der Waals surface area contributed by atoms with Crippen molar-refractivity contribution in [2.45, 2.75) is 0 Å². The summed E-state index contributed by atoms with van der Waals surface area (Å²) >= 11 is 5.55. The zero-order valence-corrected chi connectivity index (χ0v) is 10.3. The van der Waals surface area contributed by atoms with Gasteiger partial charge in [0, 0.05) is 12.1 Å². The number of hydrogen-bond acceptors (Lipinski definition) is 4. The number of benzene rings is 1. The molecule has 0 saturated heterocycles. The highest BCUT2D eigenvalue weighted by Gasteiger charge is 2.13. The molecule has 0 N–H and O–H groups in total. The molecule has 0 spiro atoms. The molecule has 0 aliphatic heterocycles. The predicted molar refractivity (Wildman–Crippen MR) is 62.3 cm³/mol. The summed E-state index contributed by atoms with van der Waals surface area (Å²) in [5.41, 5.74) is 0. The van der Waals surface area contributed by atoms with Crippen molar-refractivity contribution in [3.63, 3.8) is 0 Å². The van der Waals surface area contributed by atoms with Crippen molar-refractivity contribution < 1.29 is 18.9 Å². The topological polar surface area (TPSA) is 36.9 Å². The van der Waals surface area contributed by atoms with Gasteiger partial charge in [0.15, 0.2) is 11.5 Å². The van der Waals surface area contributed by atoms with Crippen LogP contribution < -0.4 is 18.9 Å². The second-order valence-corrected chi connectivity index (χ2v) is 3.28. The molecule has 1 aromatic carbocycles. The third kappa shape index (κ3) is 2.85. The van der Waals surface area contributed by atoms with Crippen molar-refractivity contribution in [2.75, 3.05) is 33.8 Å². The SMILES string of the molecule is COc1cc(OCCCl)cc(OC)c1OC. The highest BCUT2D eigenvalue weighted by molar-refractivity contribution is 6.18. The van der Waals surface area contributed by atoms with E-state index in [1.165, 1.54) is 0 Å². The molecule has 0 saturated carbocycles. The van der Waals surface area contributed by atoms with Gasteiger partial charge in [0.2, 0.25) is 5.75 Å². The molecule has 90 valence electrons. The smallest absolute Gasteiger partial charge is 0.203 e. The van der Waals surface area contributed by atoms with E-state index in [0.717, 1.165) is 0 Å². The molecule has 0 fully saturated rings. The standard InChI is InChI=1S/C11H15ClO4/c1-13-9-6-8(16-5-4-12)7-10(14-2)11(9)15-3/h6-7H,4-5H2,1-3H3. The molecule has 0 aliphatic rings. The molecule has 16 heavy (non-hydrogen) atoms. The first kappa shape index (κ1) is 12.8. The Bertz CT molecular complexity index is 316. The Balaban J connectivity index is 3.05. The molecule has 1 aromatic rings. The van der Waals surface area contributed by atoms with Crippen LogP contribution in [0.1, 0.15) is 0 Å². The third-order valence-corrected chi connectivity index (χ3v) is 2.14. The highest BCUT2D eigenvalue weighted by atomic mass is 35.5. The molecule has 0 aliphatic carbocycles. The Morgan fingerprint density at radius 3 is 1.94 bits per heavy atom. The normalized spacial score (nSPS) is 9.75. The van der Waals surface area contributed by atoms with Gasteiger partial charge in [0.05, 0.1) is 27.2 Å². The third-order valence-electron chi connectivity index (χ3n) is 1.98. The van der Waals surface area contributed by atoms with Crippen LogP contribution in [-0.4, -0.2) is 33.8 Å². The van der Waals surface area contributed by atoms with E-state index in [4.69, 9.17) is 30.5 Å². The van der Waals surface area contributed by atoms with E-state index in [9.17, 15) is 0 Å². The van der Waals surface area contributed by atoms with Gasteiger partial charge in [0.25, 0.3) is 0 Å². The van der Waals surface area contributed by atoms with E-state index in [2.05, 4.69) is 0 Å². The Labute approximate surface area is 100 Å². The number of halogens is 1. The maximum Gasteiger partial charge on any atom is 0.203 e. The van der Waals surface area contributed by atoms with E-state index in [1.807, 2.05) is 0 Å². The van der Waals surface area contributed by atoms with Gasteiger partial charge in [-0.25, -0.2) is 0 Å². The average Bonchev–Trinajstić information content (AvgIpc) is 2.34. The van der Waals surface area contributed by atoms with Gasteiger partial charge in [-0.1, -0.05) is 0 Å². The van der Waals surface area contributed by atoms with E-state index >= 15 is 0 Å². The molecule has 1 rings (SSSR count). The monoisotopic (exact) mass is 246 g/mol. The van der Waals surface area contributed by atoms with Crippen LogP contribution in [0.15, 0.2) is 12.1 Å². The van der Waals surface area contributed by atoms with Crippen molar-refractivity contribution >= 4 is 11.6 Å². The first-order chi connectivity index (χ1) is 7.76. The van der Waals surface area contributed by atoms with E-state index in [0.29, 0.717) is 35.5 Å². The largest absolute Gasteiger partial charge is 0.493 e. The van der Waals surface area contributed by atoms with Gasteiger partial charge in [-0.3, -0.25) is 0 Å². The number of ether oxygens (including phenoxy) is 4. The van der Waals surface area contributed by atoms with Crippen molar-refractivity contribution in [3.05, 3.63) is 12.1 Å². The molecule has 0 aromatic heterocycles. The fourth-order valence-electron chi connectivity index (χ4n) is 1.30. The van der Waals surface area contributed by atoms with Gasteiger partial charge >= 0.3 is 0 Å². The van der Waals surface area contributed by atoms with Crippen molar-refractivity contribution in [1.29, 1.82) is 0 Å². The summed E-state index contributed by atoms with van der Waals surface area (Å²) in [4.78, 5) is 0. The van der Waals surface area contributed by atoms with Crippen LogP contribution in [0.2, 0.25) is 0 Å². The lowest BCUT2D eigenvalue weighted by atomic mass is 10.2. The van der Waals surface area contributed by atoms with Gasteiger partial charge in [0.1, 0.15) is 12.4 Å². The minimum Gasteiger partial charge on any atom is -0.493 e. The Kier molecular flexibility index (Phi) is 5.05. The zero-order valence-electron chi connectivity index (χ0n) is 9.58. The molecule has 0 radical (unpaired) electrons. The minimum atomic E-state index is 0.427. The van der Waals surface area contributed by atoms with E-state index in [-0.39, 0.29) is 0 Å². The highest BCUT2D eigenvalue weighted by Crippen LogP contribution is 2.40. The Morgan fingerprint density at radius 2 is 1.56 bits per heavy atom. The first-order valence-corrected chi connectivity index (χ1v) is 5.29. The quantitative estimate of drug-likeness (QED) is 0.722. The summed E-state index contributed by atoms with van der Waals surface area (Å²) in [5.74, 6) is 2.73. The molecule has 0 unspecified atom stereocenters. The molecular formula is C11H15ClO4. The summed E-state index contributed by atoms with van der Waals surface area (Å²) < 4.78 is 20.9. The van der Waals surface area contributed by atoms with Crippen LogP contribution in [0.25, 0.3) is 0 Å². The molecule has 0 amide bonds. The van der Waals surface area contributed by atoms with Crippen molar-refractivity contribution in [2.24, 2.45) is 0 Å². The lowest BCUT2D eigenvalue weighted by Gasteiger charge is -2.14. The number of hydrogen-bond donors (Lipinski definition) is 0. The zero-order chi connectivity index (χ0) is 12.0. The predicted octanol–water partition coefficient (Wildman–Crippen LogP) is 2.33.